The van der Waals surface area contributed by atoms with Gasteiger partial charge in [-0.25, -0.2) is 4.79 Å². The molecule has 0 bridgehead atoms. The average Bonchev–Trinajstić information content (AvgIpc) is 2.63. The van der Waals surface area contributed by atoms with Crippen LogP contribution in [0, 0.1) is 11.3 Å². The van der Waals surface area contributed by atoms with E-state index in [2.05, 4.69) is 41.6 Å². The summed E-state index contributed by atoms with van der Waals surface area (Å²) in [5.74, 6) is -0.145. The molecule has 0 radical (unpaired) electrons. The van der Waals surface area contributed by atoms with E-state index in [-0.39, 0.29) is 0 Å². The summed E-state index contributed by atoms with van der Waals surface area (Å²) in [6.07, 6.45) is 3.58. The fourth-order valence-corrected chi connectivity index (χ4v) is 3.58. The predicted octanol–water partition coefficient (Wildman–Crippen LogP) is 4.80. The van der Waals surface area contributed by atoms with Gasteiger partial charge >= 0.3 is 5.97 Å². The molecule has 21 heavy (non-hydrogen) atoms. The highest BCUT2D eigenvalue weighted by Crippen LogP contribution is 2.35. The van der Waals surface area contributed by atoms with Crippen LogP contribution in [0.15, 0.2) is 22.7 Å². The Kier molecular flexibility index (Phi) is 4.97. The van der Waals surface area contributed by atoms with Crippen LogP contribution in [0.25, 0.3) is 0 Å². The minimum atomic E-state index is -0.875. The van der Waals surface area contributed by atoms with Gasteiger partial charge in [0.05, 0.1) is 5.56 Å². The van der Waals surface area contributed by atoms with Gasteiger partial charge in [-0.3, -0.25) is 0 Å². The zero-order valence-corrected chi connectivity index (χ0v) is 14.6. The predicted molar refractivity (Wildman–Crippen MR) is 90.1 cm³/mol. The highest BCUT2D eigenvalue weighted by Gasteiger charge is 2.27. The molecule has 1 aliphatic heterocycles. The van der Waals surface area contributed by atoms with Gasteiger partial charge in [-0.2, -0.15) is 0 Å². The second-order valence-corrected chi connectivity index (χ2v) is 7.90. The van der Waals surface area contributed by atoms with Crippen LogP contribution in [-0.2, 0) is 0 Å². The van der Waals surface area contributed by atoms with Crippen molar-refractivity contribution < 1.29 is 9.90 Å². The molecular weight excluding hydrogens is 330 g/mol. The van der Waals surface area contributed by atoms with Crippen molar-refractivity contribution in [3.63, 3.8) is 0 Å². The van der Waals surface area contributed by atoms with Crippen molar-refractivity contribution in [1.82, 2.24) is 0 Å². The lowest BCUT2D eigenvalue weighted by atomic mass is 9.77. The third-order valence-corrected chi connectivity index (χ3v) is 4.91. The number of benzene rings is 1. The molecule has 0 aliphatic carbocycles. The van der Waals surface area contributed by atoms with Gasteiger partial charge in [0, 0.05) is 23.2 Å². The molecule has 116 valence electrons. The summed E-state index contributed by atoms with van der Waals surface area (Å²) in [6.45, 7) is 8.94. The Labute approximate surface area is 135 Å². The average molecular weight is 354 g/mol. The molecule has 0 saturated carbocycles. The number of anilines is 1. The monoisotopic (exact) mass is 353 g/mol. The van der Waals surface area contributed by atoms with E-state index in [0.29, 0.717) is 11.0 Å². The van der Waals surface area contributed by atoms with E-state index >= 15 is 0 Å². The van der Waals surface area contributed by atoms with Gasteiger partial charge < -0.3 is 10.0 Å². The lowest BCUT2D eigenvalue weighted by Crippen LogP contribution is -2.26. The van der Waals surface area contributed by atoms with E-state index in [1.807, 2.05) is 6.07 Å². The van der Waals surface area contributed by atoms with E-state index in [9.17, 15) is 9.90 Å². The van der Waals surface area contributed by atoms with Gasteiger partial charge in [-0.1, -0.05) is 36.7 Å². The Balaban J connectivity index is 2.17. The molecule has 4 heteroatoms. The van der Waals surface area contributed by atoms with Crippen LogP contribution < -0.4 is 4.90 Å². The van der Waals surface area contributed by atoms with Crippen molar-refractivity contribution in [2.45, 2.75) is 40.0 Å². The maximum absolute atomic E-state index is 11.2. The number of carboxylic acid groups (broad SMARTS) is 1. The minimum absolute atomic E-state index is 0.344. The molecule has 1 aromatic rings. The molecule has 1 fully saturated rings. The molecule has 0 amide bonds. The zero-order valence-electron chi connectivity index (χ0n) is 13.0. The van der Waals surface area contributed by atoms with Crippen LogP contribution in [0.4, 0.5) is 5.69 Å². The highest BCUT2D eigenvalue weighted by atomic mass is 79.9. The zero-order chi connectivity index (χ0) is 15.6. The van der Waals surface area contributed by atoms with Crippen LogP contribution in [0.5, 0.6) is 0 Å². The SMILES string of the molecule is CC(C)(C)C1CCCN(c2cc(Br)cc(C(=O)O)c2)CC1. The van der Waals surface area contributed by atoms with Gasteiger partial charge in [-0.05, 0) is 48.8 Å². The first kappa shape index (κ1) is 16.3. The number of hydrogen-bond acceptors (Lipinski definition) is 2. The van der Waals surface area contributed by atoms with Crippen LogP contribution >= 0.6 is 15.9 Å². The molecule has 3 nitrogen and oxygen atoms in total. The fraction of sp³-hybridized carbons (Fsp3) is 0.588. The molecule has 2 rings (SSSR count). The standard InChI is InChI=1S/C17H24BrNO2/c1-17(2,3)13-5-4-7-19(8-6-13)15-10-12(16(20)21)9-14(18)11-15/h9-11,13H,4-8H2,1-3H3,(H,20,21). The van der Waals surface area contributed by atoms with Crippen molar-refractivity contribution in [2.24, 2.45) is 11.3 Å². The Morgan fingerprint density at radius 3 is 2.57 bits per heavy atom. The largest absolute Gasteiger partial charge is 0.478 e. The number of rotatable bonds is 2. The van der Waals surface area contributed by atoms with E-state index in [0.717, 1.165) is 35.6 Å². The first-order valence-electron chi connectivity index (χ1n) is 7.56. The number of carboxylic acids is 1. The summed E-state index contributed by atoms with van der Waals surface area (Å²) in [6, 6.07) is 5.45. The normalized spacial score (nSPS) is 20.2. The van der Waals surface area contributed by atoms with Crippen molar-refractivity contribution in [3.8, 4) is 0 Å². The number of nitrogens with zero attached hydrogens (tertiary/aromatic N) is 1. The fourth-order valence-electron chi connectivity index (χ4n) is 3.10. The van der Waals surface area contributed by atoms with Crippen LogP contribution in [0.2, 0.25) is 0 Å². The summed E-state index contributed by atoms with van der Waals surface area (Å²) in [7, 11) is 0. The summed E-state index contributed by atoms with van der Waals surface area (Å²) in [5.41, 5.74) is 1.70. The topological polar surface area (TPSA) is 40.5 Å². The van der Waals surface area contributed by atoms with Crippen molar-refractivity contribution in [2.75, 3.05) is 18.0 Å². The van der Waals surface area contributed by atoms with Crippen molar-refractivity contribution in [3.05, 3.63) is 28.2 Å². The van der Waals surface area contributed by atoms with Crippen LogP contribution in [-0.4, -0.2) is 24.2 Å². The van der Waals surface area contributed by atoms with Gasteiger partial charge in [0.1, 0.15) is 0 Å². The molecule has 1 saturated heterocycles. The maximum Gasteiger partial charge on any atom is 0.335 e. The van der Waals surface area contributed by atoms with E-state index < -0.39 is 5.97 Å². The van der Waals surface area contributed by atoms with Crippen molar-refractivity contribution >= 4 is 27.6 Å². The molecular formula is C17H24BrNO2. The summed E-state index contributed by atoms with van der Waals surface area (Å²) >= 11 is 3.42. The number of hydrogen-bond donors (Lipinski definition) is 1. The van der Waals surface area contributed by atoms with Crippen LogP contribution in [0.1, 0.15) is 50.4 Å². The van der Waals surface area contributed by atoms with E-state index in [1.54, 1.807) is 12.1 Å². The second kappa shape index (κ2) is 6.39. The van der Waals surface area contributed by atoms with Gasteiger partial charge in [0.25, 0.3) is 0 Å². The quantitative estimate of drug-likeness (QED) is 0.829. The summed E-state index contributed by atoms with van der Waals surface area (Å²) < 4.78 is 0.828. The van der Waals surface area contributed by atoms with E-state index in [4.69, 9.17) is 0 Å². The number of aromatic carboxylic acids is 1. The van der Waals surface area contributed by atoms with Crippen molar-refractivity contribution in [1.29, 1.82) is 0 Å². The molecule has 1 aromatic carbocycles. The summed E-state index contributed by atoms with van der Waals surface area (Å²) in [5, 5.41) is 9.20. The lowest BCUT2D eigenvalue weighted by molar-refractivity contribution is 0.0697. The lowest BCUT2D eigenvalue weighted by Gasteiger charge is -2.30. The Hall–Kier alpha value is -1.03. The molecule has 1 aliphatic rings. The van der Waals surface area contributed by atoms with E-state index in [1.165, 1.54) is 12.8 Å². The third kappa shape index (κ3) is 4.22. The van der Waals surface area contributed by atoms with Crippen LogP contribution in [0.3, 0.4) is 0 Å². The Morgan fingerprint density at radius 2 is 1.95 bits per heavy atom. The van der Waals surface area contributed by atoms with Gasteiger partial charge in [0.2, 0.25) is 0 Å². The third-order valence-electron chi connectivity index (χ3n) is 4.45. The highest BCUT2D eigenvalue weighted by molar-refractivity contribution is 9.10. The summed E-state index contributed by atoms with van der Waals surface area (Å²) in [4.78, 5) is 13.5. The molecule has 1 heterocycles. The number of halogens is 1. The molecule has 1 N–H and O–H groups in total. The molecule has 1 atom stereocenters. The second-order valence-electron chi connectivity index (χ2n) is 6.98. The molecule has 0 spiro atoms. The smallest absolute Gasteiger partial charge is 0.335 e. The Bertz CT molecular complexity index is 522. The Morgan fingerprint density at radius 1 is 1.24 bits per heavy atom. The number of carbonyl (C=O) groups is 1. The molecule has 0 aromatic heterocycles. The van der Waals surface area contributed by atoms with Gasteiger partial charge in [0.15, 0.2) is 0 Å². The first-order valence-corrected chi connectivity index (χ1v) is 8.35. The van der Waals surface area contributed by atoms with Gasteiger partial charge in [-0.15, -0.1) is 0 Å². The minimum Gasteiger partial charge on any atom is -0.478 e. The first-order chi connectivity index (χ1) is 9.77. The molecule has 1 unspecified atom stereocenters. The maximum atomic E-state index is 11.2.